The molecule has 0 aliphatic heterocycles. The van der Waals surface area contributed by atoms with Gasteiger partial charge in [-0.3, -0.25) is 14.9 Å². The molecule has 1 aliphatic rings. The highest BCUT2D eigenvalue weighted by atomic mass is 32.2. The lowest BCUT2D eigenvalue weighted by molar-refractivity contribution is -0.385. The van der Waals surface area contributed by atoms with Crippen molar-refractivity contribution in [3.05, 3.63) is 63.9 Å². The van der Waals surface area contributed by atoms with Gasteiger partial charge < -0.3 is 9.15 Å². The van der Waals surface area contributed by atoms with E-state index in [1.807, 2.05) is 0 Å². The molecule has 0 saturated heterocycles. The summed E-state index contributed by atoms with van der Waals surface area (Å²) in [5.74, 6) is -1.50. The molecule has 0 spiro atoms. The number of sulfonamides is 1. The van der Waals surface area contributed by atoms with E-state index < -0.39 is 38.4 Å². The van der Waals surface area contributed by atoms with Crippen LogP contribution in [0.3, 0.4) is 0 Å². The van der Waals surface area contributed by atoms with E-state index in [-0.39, 0.29) is 21.9 Å². The Bertz CT molecular complexity index is 1420. The third-order valence-electron chi connectivity index (χ3n) is 6.19. The van der Waals surface area contributed by atoms with E-state index >= 15 is 0 Å². The van der Waals surface area contributed by atoms with Crippen LogP contribution in [0.2, 0.25) is 0 Å². The molecule has 11 heteroatoms. The summed E-state index contributed by atoms with van der Waals surface area (Å²) in [5, 5.41) is 11.5. The van der Waals surface area contributed by atoms with Gasteiger partial charge in [0.15, 0.2) is 0 Å². The second-order valence-electron chi connectivity index (χ2n) is 8.40. The number of hydrogen-bond donors (Lipinski definition) is 0. The molecule has 1 fully saturated rings. The van der Waals surface area contributed by atoms with Gasteiger partial charge >= 0.3 is 5.97 Å². The number of esters is 1. The number of nitro benzene ring substituents is 1. The number of fused-ring (bicyclic) bond motifs is 1. The van der Waals surface area contributed by atoms with Gasteiger partial charge in [-0.25, -0.2) is 17.5 Å². The van der Waals surface area contributed by atoms with E-state index in [1.165, 1.54) is 43.5 Å². The minimum atomic E-state index is -4.53. The molecule has 0 atom stereocenters. The summed E-state index contributed by atoms with van der Waals surface area (Å²) in [5.41, 5.74) is 0.0437. The monoisotopic (exact) mass is 500 g/mol. The average Bonchev–Trinajstić information content (AvgIpc) is 3.19. The number of rotatable bonds is 6. The largest absolute Gasteiger partial charge is 0.465 e. The van der Waals surface area contributed by atoms with Crippen LogP contribution in [-0.2, 0) is 19.6 Å². The third kappa shape index (κ3) is 4.51. The quantitative estimate of drug-likeness (QED) is 0.269. The van der Waals surface area contributed by atoms with Crippen LogP contribution in [-0.4, -0.2) is 32.3 Å². The van der Waals surface area contributed by atoms with Crippen LogP contribution < -0.4 is 4.31 Å². The number of non-ortho nitro benzene ring substituents is 1. The number of nitro groups is 1. The van der Waals surface area contributed by atoms with Gasteiger partial charge in [0, 0.05) is 23.4 Å². The zero-order valence-corrected chi connectivity index (χ0v) is 20.0. The summed E-state index contributed by atoms with van der Waals surface area (Å²) in [7, 11) is -3.31. The number of furan rings is 1. The smallest absolute Gasteiger partial charge is 0.342 e. The van der Waals surface area contributed by atoms with Gasteiger partial charge in [-0.1, -0.05) is 25.3 Å². The Morgan fingerprint density at radius 2 is 1.83 bits per heavy atom. The predicted octanol–water partition coefficient (Wildman–Crippen LogP) is 4.74. The van der Waals surface area contributed by atoms with E-state index in [9.17, 15) is 28.1 Å². The molecule has 184 valence electrons. The van der Waals surface area contributed by atoms with Crippen molar-refractivity contribution in [1.82, 2.24) is 0 Å². The second kappa shape index (κ2) is 9.49. The molecule has 1 aliphatic carbocycles. The van der Waals surface area contributed by atoms with Gasteiger partial charge in [0.1, 0.15) is 16.9 Å². The maximum Gasteiger partial charge on any atom is 0.342 e. The Morgan fingerprint density at radius 1 is 1.11 bits per heavy atom. The van der Waals surface area contributed by atoms with Crippen molar-refractivity contribution < 1.29 is 32.1 Å². The van der Waals surface area contributed by atoms with E-state index in [4.69, 9.17) is 9.15 Å². The number of aryl methyl sites for hydroxylation is 1. The van der Waals surface area contributed by atoms with Gasteiger partial charge in [0.25, 0.3) is 15.7 Å². The highest BCUT2D eigenvalue weighted by Crippen LogP contribution is 2.35. The summed E-state index contributed by atoms with van der Waals surface area (Å²) in [4.78, 5) is 36.2. The summed E-state index contributed by atoms with van der Waals surface area (Å²) >= 11 is 0. The topological polar surface area (TPSA) is 137 Å². The standard InChI is InChI=1S/C24H24N2O8S/c1-15-22(24(28)33-2)20-14-17(11-12-21(20)34-15)25(23(27)16-7-4-3-5-8-16)35(31,32)19-10-6-9-18(13-19)26(29)30/h6,9-14,16H,3-5,7-8H2,1-2H3. The minimum absolute atomic E-state index is 0.00512. The molecule has 1 saturated carbocycles. The minimum Gasteiger partial charge on any atom is -0.465 e. The lowest BCUT2D eigenvalue weighted by atomic mass is 9.88. The van der Waals surface area contributed by atoms with Gasteiger partial charge in [-0.15, -0.1) is 0 Å². The SMILES string of the molecule is COC(=O)c1c(C)oc2ccc(N(C(=O)C3CCCCC3)S(=O)(=O)c3cccc([N+](=O)[O-])c3)cc12. The molecule has 35 heavy (non-hydrogen) atoms. The lowest BCUT2D eigenvalue weighted by Gasteiger charge is -2.29. The van der Waals surface area contributed by atoms with Crippen LogP contribution in [0, 0.1) is 23.0 Å². The number of carbonyl (C=O) groups excluding carboxylic acids is 2. The van der Waals surface area contributed by atoms with Crippen molar-refractivity contribution in [2.45, 2.75) is 43.9 Å². The molecule has 0 N–H and O–H groups in total. The first-order chi connectivity index (χ1) is 16.6. The Morgan fingerprint density at radius 3 is 2.49 bits per heavy atom. The van der Waals surface area contributed by atoms with E-state index in [0.717, 1.165) is 25.3 Å². The fourth-order valence-corrected chi connectivity index (χ4v) is 5.96. The van der Waals surface area contributed by atoms with E-state index in [0.29, 0.717) is 28.1 Å². The number of anilines is 1. The number of hydrogen-bond acceptors (Lipinski definition) is 8. The molecule has 2 aromatic carbocycles. The maximum atomic E-state index is 13.8. The van der Waals surface area contributed by atoms with Crippen LogP contribution in [0.4, 0.5) is 11.4 Å². The van der Waals surface area contributed by atoms with Crippen LogP contribution in [0.1, 0.15) is 48.2 Å². The number of nitrogens with zero attached hydrogens (tertiary/aromatic N) is 2. The second-order valence-corrected chi connectivity index (χ2v) is 10.2. The Balaban J connectivity index is 1.91. The molecule has 1 amide bonds. The zero-order chi connectivity index (χ0) is 25.3. The average molecular weight is 501 g/mol. The van der Waals surface area contributed by atoms with Crippen LogP contribution in [0.5, 0.6) is 0 Å². The fourth-order valence-electron chi connectivity index (χ4n) is 4.45. The highest BCUT2D eigenvalue weighted by molar-refractivity contribution is 7.93. The predicted molar refractivity (Wildman–Crippen MR) is 127 cm³/mol. The van der Waals surface area contributed by atoms with Crippen molar-refractivity contribution in [2.75, 3.05) is 11.4 Å². The van der Waals surface area contributed by atoms with Gasteiger partial charge in [0.05, 0.1) is 22.6 Å². The molecular weight excluding hydrogens is 476 g/mol. The van der Waals surface area contributed by atoms with Crippen molar-refractivity contribution in [3.63, 3.8) is 0 Å². The molecule has 1 heterocycles. The van der Waals surface area contributed by atoms with Crippen molar-refractivity contribution in [1.29, 1.82) is 0 Å². The Hall–Kier alpha value is -3.73. The lowest BCUT2D eigenvalue weighted by Crippen LogP contribution is -2.41. The van der Waals surface area contributed by atoms with Crippen molar-refractivity contribution in [2.24, 2.45) is 5.92 Å². The van der Waals surface area contributed by atoms with Crippen LogP contribution in [0.25, 0.3) is 11.0 Å². The zero-order valence-electron chi connectivity index (χ0n) is 19.2. The number of ether oxygens (including phenoxy) is 1. The number of benzene rings is 2. The molecule has 0 bridgehead atoms. The molecule has 10 nitrogen and oxygen atoms in total. The Kier molecular flexibility index (Phi) is 6.62. The van der Waals surface area contributed by atoms with E-state index in [2.05, 4.69) is 0 Å². The number of methoxy groups -OCH3 is 1. The number of carbonyl (C=O) groups is 2. The first-order valence-corrected chi connectivity index (χ1v) is 12.5. The highest BCUT2D eigenvalue weighted by Gasteiger charge is 2.37. The van der Waals surface area contributed by atoms with Crippen molar-refractivity contribution >= 4 is 44.2 Å². The summed E-state index contributed by atoms with van der Waals surface area (Å²) in [6, 6.07) is 8.87. The van der Waals surface area contributed by atoms with Crippen molar-refractivity contribution in [3.8, 4) is 0 Å². The van der Waals surface area contributed by atoms with Gasteiger partial charge in [-0.05, 0) is 44.0 Å². The first kappa shape index (κ1) is 24.4. The molecular formula is C24H24N2O8S. The summed E-state index contributed by atoms with van der Waals surface area (Å²) in [6.45, 7) is 1.58. The van der Waals surface area contributed by atoms with E-state index in [1.54, 1.807) is 6.92 Å². The molecule has 0 radical (unpaired) electrons. The molecule has 0 unspecified atom stereocenters. The van der Waals surface area contributed by atoms with Crippen LogP contribution in [0.15, 0.2) is 51.8 Å². The fraction of sp³-hybridized carbons (Fsp3) is 0.333. The van der Waals surface area contributed by atoms with Gasteiger partial charge in [0.2, 0.25) is 5.91 Å². The number of amides is 1. The summed E-state index contributed by atoms with van der Waals surface area (Å²) < 4.78 is 38.7. The third-order valence-corrected chi connectivity index (χ3v) is 7.91. The molecule has 3 aromatic rings. The summed E-state index contributed by atoms with van der Waals surface area (Å²) in [6.07, 6.45) is 3.64. The van der Waals surface area contributed by atoms with Crippen LogP contribution >= 0.6 is 0 Å². The first-order valence-electron chi connectivity index (χ1n) is 11.1. The normalized spacial score (nSPS) is 14.6. The molecule has 4 rings (SSSR count). The maximum absolute atomic E-state index is 13.8. The molecule has 1 aromatic heterocycles. The van der Waals surface area contributed by atoms with Gasteiger partial charge in [-0.2, -0.15) is 0 Å². The Labute approximate surface area is 201 Å².